The molecule has 0 saturated heterocycles. The van der Waals surface area contributed by atoms with Crippen LogP contribution in [0.3, 0.4) is 0 Å². The summed E-state index contributed by atoms with van der Waals surface area (Å²) in [7, 11) is -3.39. The fourth-order valence-corrected chi connectivity index (χ4v) is 2.74. The molecule has 0 aliphatic heterocycles. The molecule has 24 heavy (non-hydrogen) atoms. The van der Waals surface area contributed by atoms with E-state index < -0.39 is 26.9 Å². The molecule has 0 aliphatic carbocycles. The van der Waals surface area contributed by atoms with Gasteiger partial charge in [-0.3, -0.25) is 0 Å². The lowest BCUT2D eigenvalue weighted by Crippen LogP contribution is -2.19. The van der Waals surface area contributed by atoms with Crippen LogP contribution in [0.15, 0.2) is 47.4 Å². The van der Waals surface area contributed by atoms with Crippen LogP contribution in [0, 0.1) is 11.3 Å². The van der Waals surface area contributed by atoms with Crippen LogP contribution >= 0.6 is 0 Å². The van der Waals surface area contributed by atoms with Crippen LogP contribution in [-0.4, -0.2) is 26.0 Å². The van der Waals surface area contributed by atoms with Gasteiger partial charge in [-0.1, -0.05) is 30.4 Å². The second-order valence-corrected chi connectivity index (χ2v) is 6.32. The molecule has 1 atom stereocenters. The molecule has 0 aliphatic rings. The van der Waals surface area contributed by atoms with Gasteiger partial charge in [0.2, 0.25) is 0 Å². The van der Waals surface area contributed by atoms with Gasteiger partial charge in [0.05, 0.1) is 5.69 Å². The van der Waals surface area contributed by atoms with Crippen LogP contribution in [0.5, 0.6) is 0 Å². The van der Waals surface area contributed by atoms with E-state index in [1.165, 1.54) is 0 Å². The summed E-state index contributed by atoms with van der Waals surface area (Å²) in [6.07, 6.45) is 0. The predicted molar refractivity (Wildman–Crippen MR) is 84.0 cm³/mol. The Morgan fingerprint density at radius 3 is 2.54 bits per heavy atom. The Labute approximate surface area is 138 Å². The summed E-state index contributed by atoms with van der Waals surface area (Å²) in [5, 5.41) is 15.7. The van der Waals surface area contributed by atoms with Crippen LogP contribution in [0.1, 0.15) is 12.6 Å². The molecule has 5 nitrogen and oxygen atoms in total. The van der Waals surface area contributed by atoms with Gasteiger partial charge in [0.25, 0.3) is 0 Å². The average molecular weight is 354 g/mol. The molecule has 0 bridgehead atoms. The Kier molecular flexibility index (Phi) is 5.09. The van der Waals surface area contributed by atoms with E-state index in [0.29, 0.717) is 11.3 Å². The van der Waals surface area contributed by atoms with Crippen molar-refractivity contribution in [3.8, 4) is 11.8 Å². The molecule has 1 N–H and O–H groups in total. The molecule has 126 valence electrons. The second-order valence-electron chi connectivity index (χ2n) is 4.91. The third-order valence-corrected chi connectivity index (χ3v) is 4.08. The van der Waals surface area contributed by atoms with Crippen LogP contribution in [0.25, 0.3) is 5.69 Å². The maximum atomic E-state index is 12.9. The standard InChI is InChI=1S/C15H13F3N4OS/c1-10(2)9-20-14-13(24(23)15(16,17)18)12(8-19)21-22(14)11-6-4-3-5-7-11/h3-7,20H,1,9H2,2H3. The van der Waals surface area contributed by atoms with Crippen molar-refractivity contribution in [1.29, 1.82) is 5.26 Å². The molecule has 2 rings (SSSR count). The molecule has 0 radical (unpaired) electrons. The van der Waals surface area contributed by atoms with E-state index in [-0.39, 0.29) is 12.4 Å². The van der Waals surface area contributed by atoms with Crippen molar-refractivity contribution in [2.24, 2.45) is 0 Å². The highest BCUT2D eigenvalue weighted by molar-refractivity contribution is 7.86. The van der Waals surface area contributed by atoms with Gasteiger partial charge in [-0.25, -0.2) is 8.89 Å². The smallest absolute Gasteiger partial charge is 0.365 e. The first-order chi connectivity index (χ1) is 11.3. The molecule has 1 heterocycles. The highest BCUT2D eigenvalue weighted by Gasteiger charge is 2.42. The minimum Gasteiger partial charge on any atom is -0.365 e. The maximum absolute atomic E-state index is 12.9. The number of aromatic nitrogens is 2. The van der Waals surface area contributed by atoms with Gasteiger partial charge in [0, 0.05) is 6.54 Å². The van der Waals surface area contributed by atoms with Gasteiger partial charge in [-0.05, 0) is 19.1 Å². The zero-order valence-electron chi connectivity index (χ0n) is 12.6. The number of rotatable bonds is 5. The number of anilines is 1. The topological polar surface area (TPSA) is 70.7 Å². The van der Waals surface area contributed by atoms with Crippen LogP contribution < -0.4 is 5.32 Å². The SMILES string of the molecule is C=C(C)CNc1c(S(=O)C(F)(F)F)c(C#N)nn1-c1ccccc1. The van der Waals surface area contributed by atoms with Gasteiger partial charge >= 0.3 is 5.51 Å². The Balaban J connectivity index is 2.68. The lowest BCUT2D eigenvalue weighted by Gasteiger charge is -2.12. The minimum absolute atomic E-state index is 0.142. The van der Waals surface area contributed by atoms with Gasteiger partial charge in [0.1, 0.15) is 16.8 Å². The van der Waals surface area contributed by atoms with Gasteiger partial charge in [0.15, 0.2) is 16.5 Å². The van der Waals surface area contributed by atoms with Gasteiger partial charge in [-0.15, -0.1) is 0 Å². The minimum atomic E-state index is -5.00. The first-order valence-electron chi connectivity index (χ1n) is 6.71. The summed E-state index contributed by atoms with van der Waals surface area (Å²) in [5.74, 6) is -0.142. The molecular formula is C15H13F3N4OS. The van der Waals surface area contributed by atoms with Crippen molar-refractivity contribution in [3.05, 3.63) is 48.2 Å². The lowest BCUT2D eigenvalue weighted by atomic mass is 10.3. The number of nitrogens with zero attached hydrogens (tertiary/aromatic N) is 3. The Morgan fingerprint density at radius 2 is 2.04 bits per heavy atom. The van der Waals surface area contributed by atoms with E-state index >= 15 is 0 Å². The Bertz CT molecular complexity index is 822. The number of halogens is 3. The van der Waals surface area contributed by atoms with Crippen LogP contribution in [0.2, 0.25) is 0 Å². The monoisotopic (exact) mass is 354 g/mol. The highest BCUT2D eigenvalue weighted by atomic mass is 32.2. The summed E-state index contributed by atoms with van der Waals surface area (Å²) in [4.78, 5) is -0.685. The zero-order chi connectivity index (χ0) is 17.9. The largest absolute Gasteiger partial charge is 0.476 e. The van der Waals surface area contributed by atoms with E-state index in [0.717, 1.165) is 4.68 Å². The molecule has 0 spiro atoms. The lowest BCUT2D eigenvalue weighted by molar-refractivity contribution is -0.0384. The van der Waals surface area contributed by atoms with E-state index in [2.05, 4.69) is 17.0 Å². The quantitative estimate of drug-likeness (QED) is 0.836. The van der Waals surface area contributed by atoms with E-state index in [1.807, 2.05) is 0 Å². The number of nitrogens with one attached hydrogen (secondary N) is 1. The van der Waals surface area contributed by atoms with Crippen LogP contribution in [0.4, 0.5) is 19.0 Å². The fourth-order valence-electron chi connectivity index (χ4n) is 1.91. The van der Waals surface area contributed by atoms with E-state index in [1.54, 1.807) is 43.3 Å². The molecule has 9 heteroatoms. The number of nitriles is 1. The van der Waals surface area contributed by atoms with Crippen molar-refractivity contribution in [2.75, 3.05) is 11.9 Å². The van der Waals surface area contributed by atoms with Crippen molar-refractivity contribution < 1.29 is 17.4 Å². The zero-order valence-corrected chi connectivity index (χ0v) is 13.4. The fraction of sp³-hybridized carbons (Fsp3) is 0.200. The summed E-state index contributed by atoms with van der Waals surface area (Å²) in [6, 6.07) is 9.88. The van der Waals surface area contributed by atoms with Crippen molar-refractivity contribution in [2.45, 2.75) is 17.3 Å². The number of para-hydroxylation sites is 1. The number of hydrogen-bond donors (Lipinski definition) is 1. The molecule has 1 unspecified atom stereocenters. The summed E-state index contributed by atoms with van der Waals surface area (Å²) in [5.41, 5.74) is -4.46. The third kappa shape index (κ3) is 3.65. The summed E-state index contributed by atoms with van der Waals surface area (Å²) < 4.78 is 51.9. The van der Waals surface area contributed by atoms with Crippen molar-refractivity contribution >= 4 is 16.6 Å². The first-order valence-corrected chi connectivity index (χ1v) is 7.86. The molecule has 0 fully saturated rings. The number of benzene rings is 1. The molecule has 0 amide bonds. The first kappa shape index (κ1) is 17.7. The average Bonchev–Trinajstić information content (AvgIpc) is 2.90. The summed E-state index contributed by atoms with van der Waals surface area (Å²) in [6.45, 7) is 5.49. The molecule has 2 aromatic rings. The molecular weight excluding hydrogens is 341 g/mol. The van der Waals surface area contributed by atoms with E-state index in [4.69, 9.17) is 5.26 Å². The number of alkyl halides is 3. The van der Waals surface area contributed by atoms with Gasteiger partial charge < -0.3 is 5.32 Å². The predicted octanol–water partition coefficient (Wildman–Crippen LogP) is 3.36. The number of hydrogen-bond acceptors (Lipinski definition) is 4. The van der Waals surface area contributed by atoms with Gasteiger partial charge in [-0.2, -0.15) is 23.5 Å². The third-order valence-electron chi connectivity index (χ3n) is 2.90. The molecule has 0 saturated carbocycles. The Morgan fingerprint density at radius 1 is 1.42 bits per heavy atom. The van der Waals surface area contributed by atoms with Crippen LogP contribution in [-0.2, 0) is 10.8 Å². The normalized spacial score (nSPS) is 12.5. The molecule has 1 aromatic heterocycles. The Hall–Kier alpha value is -2.60. The second kappa shape index (κ2) is 6.88. The van der Waals surface area contributed by atoms with Crippen molar-refractivity contribution in [1.82, 2.24) is 9.78 Å². The summed E-state index contributed by atoms with van der Waals surface area (Å²) >= 11 is 0. The molecule has 1 aromatic carbocycles. The maximum Gasteiger partial charge on any atom is 0.476 e. The van der Waals surface area contributed by atoms with Crippen molar-refractivity contribution in [3.63, 3.8) is 0 Å². The highest BCUT2D eigenvalue weighted by Crippen LogP contribution is 2.34. The van der Waals surface area contributed by atoms with E-state index in [9.17, 15) is 17.4 Å².